The second-order valence-corrected chi connectivity index (χ2v) is 4.22. The molecule has 0 aliphatic carbocycles. The molecule has 0 bridgehead atoms. The van der Waals surface area contributed by atoms with Crippen molar-refractivity contribution in [3.63, 3.8) is 0 Å². The summed E-state index contributed by atoms with van der Waals surface area (Å²) >= 11 is -1.16. The van der Waals surface area contributed by atoms with Crippen molar-refractivity contribution < 1.29 is 8.39 Å². The molecule has 1 saturated heterocycles. The van der Waals surface area contributed by atoms with Gasteiger partial charge in [0.1, 0.15) is 0 Å². The fraction of sp³-hybridized carbons (Fsp3) is 1.00. The second kappa shape index (κ2) is 4.94. The number of hydrogen-bond acceptors (Lipinski definition) is 2. The van der Waals surface area contributed by atoms with E-state index < -0.39 is 11.3 Å². The van der Waals surface area contributed by atoms with E-state index in [4.69, 9.17) is 4.18 Å². The molecule has 1 aliphatic heterocycles. The predicted octanol–water partition coefficient (Wildman–Crippen LogP) is 1.48. The van der Waals surface area contributed by atoms with Gasteiger partial charge >= 0.3 is 0 Å². The first-order valence-corrected chi connectivity index (χ1v) is 5.64. The minimum Gasteiger partial charge on any atom is -0.276 e. The van der Waals surface area contributed by atoms with Gasteiger partial charge in [-0.15, -0.1) is 0 Å². The molecule has 0 aromatic carbocycles. The Bertz CT molecular complexity index is 163. The SMILES string of the molecule is CCC[C@@H]1COS(=O)N1CCC. The Hall–Kier alpha value is 0.0700. The first-order chi connectivity index (χ1) is 5.79. The average molecular weight is 191 g/mol. The molecular formula is C8H17NO2S. The quantitative estimate of drug-likeness (QED) is 0.673. The van der Waals surface area contributed by atoms with Gasteiger partial charge in [0.2, 0.25) is 11.3 Å². The molecule has 4 heteroatoms. The normalized spacial score (nSPS) is 31.2. The van der Waals surface area contributed by atoms with Gasteiger partial charge in [-0.25, -0.2) is 4.21 Å². The Morgan fingerprint density at radius 3 is 2.83 bits per heavy atom. The minimum atomic E-state index is -1.16. The Morgan fingerprint density at radius 1 is 1.50 bits per heavy atom. The van der Waals surface area contributed by atoms with Crippen LogP contribution >= 0.6 is 0 Å². The summed E-state index contributed by atoms with van der Waals surface area (Å²) < 4.78 is 18.3. The molecule has 0 radical (unpaired) electrons. The summed E-state index contributed by atoms with van der Waals surface area (Å²) in [5.41, 5.74) is 0. The molecule has 12 heavy (non-hydrogen) atoms. The molecule has 0 spiro atoms. The molecular weight excluding hydrogens is 174 g/mol. The minimum absolute atomic E-state index is 0.385. The van der Waals surface area contributed by atoms with E-state index in [-0.39, 0.29) is 0 Å². The van der Waals surface area contributed by atoms with Gasteiger partial charge in [-0.05, 0) is 12.8 Å². The monoisotopic (exact) mass is 191 g/mol. The van der Waals surface area contributed by atoms with E-state index in [1.165, 1.54) is 0 Å². The summed E-state index contributed by atoms with van der Waals surface area (Å²) in [6.07, 6.45) is 3.26. The van der Waals surface area contributed by atoms with Gasteiger partial charge in [-0.1, -0.05) is 20.3 Å². The maximum atomic E-state index is 11.3. The molecule has 1 rings (SSSR count). The van der Waals surface area contributed by atoms with Crippen molar-refractivity contribution in [3.8, 4) is 0 Å². The summed E-state index contributed by atoms with van der Waals surface area (Å²) in [5.74, 6) is 0. The summed E-state index contributed by atoms with van der Waals surface area (Å²) in [6, 6.07) is 0.385. The van der Waals surface area contributed by atoms with Gasteiger partial charge in [0, 0.05) is 12.6 Å². The van der Waals surface area contributed by atoms with E-state index in [1.807, 2.05) is 4.31 Å². The van der Waals surface area contributed by atoms with E-state index in [0.717, 1.165) is 25.8 Å². The highest BCUT2D eigenvalue weighted by Gasteiger charge is 2.30. The predicted molar refractivity (Wildman–Crippen MR) is 49.8 cm³/mol. The number of rotatable bonds is 4. The van der Waals surface area contributed by atoms with E-state index in [9.17, 15) is 4.21 Å². The van der Waals surface area contributed by atoms with E-state index in [2.05, 4.69) is 13.8 Å². The molecule has 0 N–H and O–H groups in total. The van der Waals surface area contributed by atoms with Crippen LogP contribution in [-0.4, -0.2) is 27.7 Å². The maximum absolute atomic E-state index is 11.3. The second-order valence-electron chi connectivity index (χ2n) is 3.08. The van der Waals surface area contributed by atoms with Crippen molar-refractivity contribution in [2.75, 3.05) is 13.2 Å². The lowest BCUT2D eigenvalue weighted by molar-refractivity contribution is 0.296. The fourth-order valence-corrected chi connectivity index (χ4v) is 2.60. The third kappa shape index (κ3) is 2.28. The molecule has 0 amide bonds. The van der Waals surface area contributed by atoms with Crippen LogP contribution in [0.3, 0.4) is 0 Å². The average Bonchev–Trinajstić information content (AvgIpc) is 2.37. The highest BCUT2D eigenvalue weighted by Crippen LogP contribution is 2.18. The topological polar surface area (TPSA) is 29.5 Å². The molecule has 1 unspecified atom stereocenters. The van der Waals surface area contributed by atoms with Crippen molar-refractivity contribution >= 4 is 11.3 Å². The molecule has 1 heterocycles. The van der Waals surface area contributed by atoms with Gasteiger partial charge in [0.05, 0.1) is 6.61 Å². The highest BCUT2D eigenvalue weighted by atomic mass is 32.2. The van der Waals surface area contributed by atoms with Crippen LogP contribution in [0.25, 0.3) is 0 Å². The first kappa shape index (κ1) is 10.2. The lowest BCUT2D eigenvalue weighted by Gasteiger charge is -2.18. The Labute approximate surface area is 76.9 Å². The van der Waals surface area contributed by atoms with E-state index in [1.54, 1.807) is 0 Å². The third-order valence-corrected chi connectivity index (χ3v) is 3.23. The van der Waals surface area contributed by atoms with Crippen molar-refractivity contribution in [3.05, 3.63) is 0 Å². The standard InChI is InChI=1S/C8H17NO2S/c1-3-5-8-7-11-12(10)9(8)6-4-2/h8H,3-7H2,1-2H3/t8-,12?/m1/s1. The van der Waals surface area contributed by atoms with Crippen molar-refractivity contribution in [1.82, 2.24) is 4.31 Å². The Balaban J connectivity index is 2.45. The summed E-state index contributed by atoms with van der Waals surface area (Å²) in [5, 5.41) is 0. The number of hydrogen-bond donors (Lipinski definition) is 0. The molecule has 1 fully saturated rings. The van der Waals surface area contributed by atoms with Crippen LogP contribution in [0.5, 0.6) is 0 Å². The van der Waals surface area contributed by atoms with Crippen molar-refractivity contribution in [1.29, 1.82) is 0 Å². The van der Waals surface area contributed by atoms with Gasteiger partial charge in [0.15, 0.2) is 0 Å². The molecule has 3 nitrogen and oxygen atoms in total. The van der Waals surface area contributed by atoms with Crippen LogP contribution in [0, 0.1) is 0 Å². The van der Waals surface area contributed by atoms with Crippen LogP contribution in [0.2, 0.25) is 0 Å². The van der Waals surface area contributed by atoms with Crippen molar-refractivity contribution in [2.45, 2.75) is 39.2 Å². The zero-order valence-electron chi connectivity index (χ0n) is 7.78. The molecule has 1 aliphatic rings. The van der Waals surface area contributed by atoms with Gasteiger partial charge in [-0.2, -0.15) is 4.31 Å². The maximum Gasteiger partial charge on any atom is 0.237 e. The van der Waals surface area contributed by atoms with Crippen LogP contribution in [0.4, 0.5) is 0 Å². The van der Waals surface area contributed by atoms with Gasteiger partial charge in [-0.3, -0.25) is 4.18 Å². The first-order valence-electron chi connectivity index (χ1n) is 4.61. The zero-order valence-corrected chi connectivity index (χ0v) is 8.60. The van der Waals surface area contributed by atoms with Gasteiger partial charge in [0.25, 0.3) is 0 Å². The van der Waals surface area contributed by atoms with Crippen molar-refractivity contribution in [2.24, 2.45) is 0 Å². The van der Waals surface area contributed by atoms with Crippen LogP contribution in [0.1, 0.15) is 33.1 Å². The smallest absolute Gasteiger partial charge is 0.237 e. The van der Waals surface area contributed by atoms with E-state index >= 15 is 0 Å². The number of nitrogens with zero attached hydrogens (tertiary/aromatic N) is 1. The lowest BCUT2D eigenvalue weighted by atomic mass is 10.2. The van der Waals surface area contributed by atoms with Crippen LogP contribution < -0.4 is 0 Å². The van der Waals surface area contributed by atoms with Crippen LogP contribution in [-0.2, 0) is 15.4 Å². The fourth-order valence-electron chi connectivity index (χ4n) is 1.45. The molecule has 0 saturated carbocycles. The molecule has 2 atom stereocenters. The Morgan fingerprint density at radius 2 is 2.25 bits per heavy atom. The largest absolute Gasteiger partial charge is 0.276 e. The Kier molecular flexibility index (Phi) is 4.18. The molecule has 72 valence electrons. The zero-order chi connectivity index (χ0) is 8.97. The molecule has 0 aromatic rings. The van der Waals surface area contributed by atoms with Crippen LogP contribution in [0.15, 0.2) is 0 Å². The summed E-state index contributed by atoms with van der Waals surface area (Å²) in [4.78, 5) is 0. The third-order valence-electron chi connectivity index (χ3n) is 2.03. The molecule has 0 aromatic heterocycles. The van der Waals surface area contributed by atoms with Gasteiger partial charge < -0.3 is 0 Å². The van der Waals surface area contributed by atoms with E-state index in [0.29, 0.717) is 12.6 Å². The lowest BCUT2D eigenvalue weighted by Crippen LogP contribution is -2.31. The summed E-state index contributed by atoms with van der Waals surface area (Å²) in [6.45, 7) is 5.77. The highest BCUT2D eigenvalue weighted by molar-refractivity contribution is 7.78. The summed E-state index contributed by atoms with van der Waals surface area (Å²) in [7, 11) is 0.